The predicted molar refractivity (Wildman–Crippen MR) is 56.5 cm³/mol. The summed E-state index contributed by atoms with van der Waals surface area (Å²) in [7, 11) is 0. The molecule has 0 aliphatic rings. The van der Waals surface area contributed by atoms with Crippen molar-refractivity contribution in [2.45, 2.75) is 0 Å². The predicted octanol–water partition coefficient (Wildman–Crippen LogP) is 1.88. The van der Waals surface area contributed by atoms with Gasteiger partial charge in [-0.2, -0.15) is 0 Å². The third-order valence-corrected chi connectivity index (χ3v) is 2.36. The number of pyridine rings is 1. The molecule has 0 saturated heterocycles. The lowest BCUT2D eigenvalue weighted by Crippen LogP contribution is -2.05. The first-order valence-corrected chi connectivity index (χ1v) is 4.51. The quantitative estimate of drug-likeness (QED) is 0.776. The largest absolute Gasteiger partial charge is 0.478 e. The molecule has 0 atom stereocenters. The first-order valence-electron chi connectivity index (χ1n) is 4.14. The lowest BCUT2D eigenvalue weighted by atomic mass is 10.1. The second-order valence-electron chi connectivity index (χ2n) is 3.03. The van der Waals surface area contributed by atoms with E-state index in [9.17, 15) is 9.59 Å². The Morgan fingerprint density at radius 1 is 1.40 bits per heavy atom. The highest BCUT2D eigenvalue weighted by Crippen LogP contribution is 2.12. The number of aromatic amines is 1. The molecule has 0 spiro atoms. The maximum absolute atomic E-state index is 11.6. The fraction of sp³-hybridized carbons (Fsp3) is 0. The summed E-state index contributed by atoms with van der Waals surface area (Å²) in [6, 6.07) is 4.27. The van der Waals surface area contributed by atoms with Gasteiger partial charge in [0.2, 0.25) is 5.43 Å². The number of hydrogen-bond acceptors (Lipinski definition) is 2. The molecule has 4 nitrogen and oxygen atoms in total. The Kier molecular flexibility index (Phi) is 2.21. The van der Waals surface area contributed by atoms with E-state index in [1.807, 2.05) is 0 Å². The summed E-state index contributed by atoms with van der Waals surface area (Å²) in [6.07, 6.45) is 1.38. The van der Waals surface area contributed by atoms with Crippen LogP contribution in [-0.4, -0.2) is 16.1 Å². The van der Waals surface area contributed by atoms with Crippen LogP contribution in [0.4, 0.5) is 0 Å². The molecule has 0 unspecified atom stereocenters. The molecule has 76 valence electrons. The second kappa shape index (κ2) is 3.40. The SMILES string of the molecule is O=C(O)c1ccc2[nH]cc(Cl)c(=O)c2c1. The van der Waals surface area contributed by atoms with Gasteiger partial charge < -0.3 is 10.1 Å². The van der Waals surface area contributed by atoms with Gasteiger partial charge in [-0.1, -0.05) is 11.6 Å². The molecule has 5 heteroatoms. The van der Waals surface area contributed by atoms with Crippen molar-refractivity contribution in [3.8, 4) is 0 Å². The monoisotopic (exact) mass is 223 g/mol. The van der Waals surface area contributed by atoms with Gasteiger partial charge in [0.05, 0.1) is 5.56 Å². The van der Waals surface area contributed by atoms with E-state index in [1.165, 1.54) is 24.4 Å². The molecule has 0 saturated carbocycles. The Balaban J connectivity index is 2.85. The van der Waals surface area contributed by atoms with E-state index in [0.29, 0.717) is 5.52 Å². The van der Waals surface area contributed by atoms with Crippen LogP contribution < -0.4 is 5.43 Å². The van der Waals surface area contributed by atoms with Crippen LogP contribution in [0.25, 0.3) is 10.9 Å². The molecule has 1 heterocycles. The molecule has 0 fully saturated rings. The van der Waals surface area contributed by atoms with Crippen molar-refractivity contribution in [1.29, 1.82) is 0 Å². The Labute approximate surface area is 89.1 Å². The van der Waals surface area contributed by atoms with Crippen molar-refractivity contribution in [1.82, 2.24) is 4.98 Å². The average molecular weight is 224 g/mol. The maximum Gasteiger partial charge on any atom is 0.335 e. The molecule has 2 aromatic rings. The molecule has 2 N–H and O–H groups in total. The summed E-state index contributed by atoms with van der Waals surface area (Å²) in [6.45, 7) is 0. The Hall–Kier alpha value is -1.81. The van der Waals surface area contributed by atoms with Crippen molar-refractivity contribution in [3.63, 3.8) is 0 Å². The van der Waals surface area contributed by atoms with Gasteiger partial charge in [0.25, 0.3) is 0 Å². The number of H-pyrrole nitrogens is 1. The highest BCUT2D eigenvalue weighted by molar-refractivity contribution is 6.31. The van der Waals surface area contributed by atoms with Crippen LogP contribution in [0.15, 0.2) is 29.2 Å². The van der Waals surface area contributed by atoms with Crippen molar-refractivity contribution in [2.75, 3.05) is 0 Å². The van der Waals surface area contributed by atoms with Gasteiger partial charge in [-0.15, -0.1) is 0 Å². The molecule has 0 radical (unpaired) electrons. The number of nitrogens with one attached hydrogen (secondary N) is 1. The minimum atomic E-state index is -1.07. The van der Waals surface area contributed by atoms with Crippen LogP contribution in [0.1, 0.15) is 10.4 Å². The normalized spacial score (nSPS) is 10.5. The lowest BCUT2D eigenvalue weighted by molar-refractivity contribution is 0.0697. The standard InChI is InChI=1S/C10H6ClNO3/c11-7-4-12-8-2-1-5(10(14)15)3-6(8)9(7)13/h1-4H,(H,12,13)(H,14,15). The summed E-state index contributed by atoms with van der Waals surface area (Å²) in [5, 5.41) is 9.09. The molecule has 0 aliphatic carbocycles. The zero-order valence-electron chi connectivity index (χ0n) is 7.45. The molecule has 1 aromatic carbocycles. The molecular weight excluding hydrogens is 218 g/mol. The molecule has 15 heavy (non-hydrogen) atoms. The summed E-state index contributed by atoms with van der Waals surface area (Å²) in [5.41, 5.74) is 0.262. The number of carboxylic acid groups (broad SMARTS) is 1. The first-order chi connectivity index (χ1) is 7.09. The van der Waals surface area contributed by atoms with Gasteiger partial charge >= 0.3 is 5.97 Å². The van der Waals surface area contributed by atoms with Crippen LogP contribution in [0.5, 0.6) is 0 Å². The average Bonchev–Trinajstić information content (AvgIpc) is 2.23. The van der Waals surface area contributed by atoms with E-state index >= 15 is 0 Å². The summed E-state index contributed by atoms with van der Waals surface area (Å²) >= 11 is 5.63. The minimum absolute atomic E-state index is 0.0463. The zero-order valence-corrected chi connectivity index (χ0v) is 8.21. The van der Waals surface area contributed by atoms with Crippen LogP contribution >= 0.6 is 11.6 Å². The van der Waals surface area contributed by atoms with E-state index in [-0.39, 0.29) is 21.4 Å². The second-order valence-corrected chi connectivity index (χ2v) is 3.44. The number of hydrogen-bond donors (Lipinski definition) is 2. The number of fused-ring (bicyclic) bond motifs is 1. The van der Waals surface area contributed by atoms with Gasteiger partial charge in [-0.05, 0) is 18.2 Å². The summed E-state index contributed by atoms with van der Waals surface area (Å²) in [5.74, 6) is -1.07. The van der Waals surface area contributed by atoms with Crippen molar-refractivity contribution in [2.24, 2.45) is 0 Å². The highest BCUT2D eigenvalue weighted by atomic mass is 35.5. The number of aromatic carboxylic acids is 1. The van der Waals surface area contributed by atoms with Crippen molar-refractivity contribution in [3.05, 3.63) is 45.2 Å². The van der Waals surface area contributed by atoms with Gasteiger partial charge in [0.15, 0.2) is 0 Å². The number of benzene rings is 1. The van der Waals surface area contributed by atoms with E-state index < -0.39 is 5.97 Å². The number of aromatic nitrogens is 1. The summed E-state index contributed by atoms with van der Waals surface area (Å²) in [4.78, 5) is 25.1. The molecule has 0 amide bonds. The van der Waals surface area contributed by atoms with Crippen molar-refractivity contribution >= 4 is 28.5 Å². The van der Waals surface area contributed by atoms with E-state index in [4.69, 9.17) is 16.7 Å². The topological polar surface area (TPSA) is 70.2 Å². The molecule has 1 aromatic heterocycles. The highest BCUT2D eigenvalue weighted by Gasteiger charge is 2.07. The minimum Gasteiger partial charge on any atom is -0.478 e. The number of halogens is 1. The third kappa shape index (κ3) is 1.59. The van der Waals surface area contributed by atoms with Gasteiger partial charge in [-0.25, -0.2) is 4.79 Å². The number of rotatable bonds is 1. The Morgan fingerprint density at radius 3 is 2.80 bits per heavy atom. The fourth-order valence-electron chi connectivity index (χ4n) is 1.33. The van der Waals surface area contributed by atoms with Crippen LogP contribution in [0.2, 0.25) is 5.02 Å². The van der Waals surface area contributed by atoms with E-state index in [2.05, 4.69) is 4.98 Å². The number of carboxylic acids is 1. The third-order valence-electron chi connectivity index (χ3n) is 2.08. The van der Waals surface area contributed by atoms with Crippen molar-refractivity contribution < 1.29 is 9.90 Å². The maximum atomic E-state index is 11.6. The first kappa shape index (κ1) is 9.73. The molecular formula is C10H6ClNO3. The number of carbonyl (C=O) groups is 1. The molecule has 0 bridgehead atoms. The summed E-state index contributed by atoms with van der Waals surface area (Å²) < 4.78 is 0. The molecule has 2 rings (SSSR count). The van der Waals surface area contributed by atoms with Gasteiger partial charge in [0.1, 0.15) is 5.02 Å². The van der Waals surface area contributed by atoms with Crippen LogP contribution in [0, 0.1) is 0 Å². The Bertz CT molecular complexity index is 603. The zero-order chi connectivity index (χ0) is 11.0. The fourth-order valence-corrected chi connectivity index (χ4v) is 1.48. The van der Waals surface area contributed by atoms with Gasteiger partial charge in [0, 0.05) is 17.1 Å². The van der Waals surface area contributed by atoms with E-state index in [0.717, 1.165) is 0 Å². The molecule has 0 aliphatic heterocycles. The van der Waals surface area contributed by atoms with Crippen LogP contribution in [-0.2, 0) is 0 Å². The van der Waals surface area contributed by atoms with Crippen LogP contribution in [0.3, 0.4) is 0 Å². The Morgan fingerprint density at radius 2 is 2.13 bits per heavy atom. The smallest absolute Gasteiger partial charge is 0.335 e. The van der Waals surface area contributed by atoms with Gasteiger partial charge in [-0.3, -0.25) is 4.79 Å². The van der Waals surface area contributed by atoms with E-state index in [1.54, 1.807) is 0 Å². The lowest BCUT2D eigenvalue weighted by Gasteiger charge is -1.99.